The third-order valence-corrected chi connectivity index (χ3v) is 3.52. The first-order valence-corrected chi connectivity index (χ1v) is 7.38. The number of pyridine rings is 1. The molecule has 0 aliphatic heterocycles. The molecular formula is C17H14N4O4. The molecule has 126 valence electrons. The molecule has 2 aromatic carbocycles. The molecule has 0 atom stereocenters. The van der Waals surface area contributed by atoms with Crippen LogP contribution in [0.4, 0.5) is 11.4 Å². The van der Waals surface area contributed by atoms with Crippen LogP contribution in [0.25, 0.3) is 10.9 Å². The molecule has 1 heterocycles. The van der Waals surface area contributed by atoms with Crippen LogP contribution in [0.2, 0.25) is 0 Å². The minimum atomic E-state index is -0.568. The molecule has 0 bridgehead atoms. The van der Waals surface area contributed by atoms with E-state index in [-0.39, 0.29) is 11.4 Å². The average molecular weight is 338 g/mol. The summed E-state index contributed by atoms with van der Waals surface area (Å²) in [6.07, 6.45) is 1.53. The highest BCUT2D eigenvalue weighted by Gasteiger charge is 2.18. The smallest absolute Gasteiger partial charge is 0.312 e. The van der Waals surface area contributed by atoms with Gasteiger partial charge in [-0.05, 0) is 17.7 Å². The Morgan fingerprint density at radius 1 is 1.20 bits per heavy atom. The summed E-state index contributed by atoms with van der Waals surface area (Å²) in [5.41, 5.74) is 6.20. The SMILES string of the molecule is O=CNNc1c([N+](=O)[O-])cnc2cc(OCc3ccccc3)ccc12. The topological polar surface area (TPSA) is 106 Å². The number of carbonyl (C=O) groups is 1. The lowest BCUT2D eigenvalue weighted by Gasteiger charge is -2.10. The molecule has 25 heavy (non-hydrogen) atoms. The van der Waals surface area contributed by atoms with Gasteiger partial charge in [0.15, 0.2) is 0 Å². The summed E-state index contributed by atoms with van der Waals surface area (Å²) in [4.78, 5) is 25.2. The van der Waals surface area contributed by atoms with Crippen LogP contribution in [-0.2, 0) is 11.4 Å². The van der Waals surface area contributed by atoms with Gasteiger partial charge < -0.3 is 4.74 Å². The van der Waals surface area contributed by atoms with Crippen molar-refractivity contribution in [3.8, 4) is 5.75 Å². The number of nitrogens with one attached hydrogen (secondary N) is 2. The Hall–Kier alpha value is -3.68. The maximum Gasteiger partial charge on any atom is 0.312 e. The number of amides is 1. The minimum Gasteiger partial charge on any atom is -0.489 e. The number of nitrogens with zero attached hydrogens (tertiary/aromatic N) is 2. The molecule has 8 heteroatoms. The van der Waals surface area contributed by atoms with Gasteiger partial charge in [0.1, 0.15) is 24.2 Å². The van der Waals surface area contributed by atoms with Crippen molar-refractivity contribution in [2.24, 2.45) is 0 Å². The zero-order chi connectivity index (χ0) is 17.6. The normalized spacial score (nSPS) is 10.2. The Kier molecular flexibility index (Phi) is 4.70. The van der Waals surface area contributed by atoms with Crippen molar-refractivity contribution in [3.05, 3.63) is 70.4 Å². The molecule has 1 amide bonds. The van der Waals surface area contributed by atoms with Gasteiger partial charge >= 0.3 is 5.69 Å². The van der Waals surface area contributed by atoms with Gasteiger partial charge in [-0.15, -0.1) is 0 Å². The average Bonchev–Trinajstić information content (AvgIpc) is 2.64. The molecule has 3 rings (SSSR count). The predicted octanol–water partition coefficient (Wildman–Crippen LogP) is 2.79. The number of hydrogen-bond acceptors (Lipinski definition) is 6. The van der Waals surface area contributed by atoms with Gasteiger partial charge in [-0.3, -0.25) is 25.8 Å². The van der Waals surface area contributed by atoms with Gasteiger partial charge in [-0.25, -0.2) is 4.98 Å². The number of ether oxygens (including phenoxy) is 1. The van der Waals surface area contributed by atoms with E-state index >= 15 is 0 Å². The first-order chi connectivity index (χ1) is 12.2. The van der Waals surface area contributed by atoms with Gasteiger partial charge in [0.2, 0.25) is 6.41 Å². The number of rotatable bonds is 7. The predicted molar refractivity (Wildman–Crippen MR) is 92.0 cm³/mol. The third kappa shape index (κ3) is 3.63. The van der Waals surface area contributed by atoms with Crippen LogP contribution in [0.15, 0.2) is 54.7 Å². The van der Waals surface area contributed by atoms with E-state index in [1.54, 1.807) is 18.2 Å². The molecule has 8 nitrogen and oxygen atoms in total. The first-order valence-electron chi connectivity index (χ1n) is 7.38. The number of hydrazine groups is 1. The Morgan fingerprint density at radius 3 is 2.72 bits per heavy atom. The van der Waals surface area contributed by atoms with E-state index < -0.39 is 4.92 Å². The lowest BCUT2D eigenvalue weighted by molar-refractivity contribution is -0.384. The molecule has 2 N–H and O–H groups in total. The molecule has 0 fully saturated rings. The number of hydrogen-bond donors (Lipinski definition) is 2. The van der Waals surface area contributed by atoms with Crippen LogP contribution in [0.3, 0.4) is 0 Å². The molecule has 0 saturated carbocycles. The van der Waals surface area contributed by atoms with Crippen molar-refractivity contribution in [2.45, 2.75) is 6.61 Å². The van der Waals surface area contributed by atoms with Crippen LogP contribution in [0.1, 0.15) is 5.56 Å². The molecule has 1 aromatic heterocycles. The second-order valence-electron chi connectivity index (χ2n) is 5.12. The number of benzene rings is 2. The number of aromatic nitrogens is 1. The highest BCUT2D eigenvalue weighted by atomic mass is 16.6. The largest absolute Gasteiger partial charge is 0.489 e. The highest BCUT2D eigenvalue weighted by molar-refractivity contribution is 5.96. The molecular weight excluding hydrogens is 324 g/mol. The highest BCUT2D eigenvalue weighted by Crippen LogP contribution is 2.32. The fourth-order valence-electron chi connectivity index (χ4n) is 2.36. The van der Waals surface area contributed by atoms with Crippen molar-refractivity contribution in [1.29, 1.82) is 0 Å². The van der Waals surface area contributed by atoms with Crippen molar-refractivity contribution < 1.29 is 14.5 Å². The van der Waals surface area contributed by atoms with E-state index in [2.05, 4.69) is 15.8 Å². The number of anilines is 1. The summed E-state index contributed by atoms with van der Waals surface area (Å²) in [5.74, 6) is 0.590. The molecule has 0 saturated heterocycles. The summed E-state index contributed by atoms with van der Waals surface area (Å²) < 4.78 is 5.73. The van der Waals surface area contributed by atoms with E-state index in [9.17, 15) is 14.9 Å². The molecule has 3 aromatic rings. The van der Waals surface area contributed by atoms with Crippen LogP contribution >= 0.6 is 0 Å². The molecule has 0 spiro atoms. The quantitative estimate of drug-likeness (QED) is 0.390. The Bertz CT molecular complexity index is 915. The van der Waals surface area contributed by atoms with Crippen LogP contribution in [0, 0.1) is 10.1 Å². The standard InChI is InChI=1S/C17H14N4O4/c22-11-19-20-17-14-7-6-13(25-10-12-4-2-1-3-5-12)8-15(14)18-9-16(17)21(23)24/h1-9,11H,10H2,(H,18,20)(H,19,22). The second-order valence-corrected chi connectivity index (χ2v) is 5.12. The lowest BCUT2D eigenvalue weighted by atomic mass is 10.1. The lowest BCUT2D eigenvalue weighted by Crippen LogP contribution is -2.20. The van der Waals surface area contributed by atoms with Crippen molar-refractivity contribution in [2.75, 3.05) is 5.43 Å². The van der Waals surface area contributed by atoms with E-state index in [1.165, 1.54) is 0 Å². The summed E-state index contributed by atoms with van der Waals surface area (Å²) in [7, 11) is 0. The monoisotopic (exact) mass is 338 g/mol. The maximum atomic E-state index is 11.1. The van der Waals surface area contributed by atoms with E-state index in [1.807, 2.05) is 30.3 Å². The summed E-state index contributed by atoms with van der Waals surface area (Å²) in [5, 5.41) is 11.6. The second kappa shape index (κ2) is 7.26. The van der Waals surface area contributed by atoms with Crippen LogP contribution < -0.4 is 15.6 Å². The third-order valence-electron chi connectivity index (χ3n) is 3.52. The Balaban J connectivity index is 1.91. The maximum absolute atomic E-state index is 11.1. The first kappa shape index (κ1) is 16.2. The summed E-state index contributed by atoms with van der Waals surface area (Å²) in [6.45, 7) is 0.400. The van der Waals surface area contributed by atoms with E-state index in [0.717, 1.165) is 11.8 Å². The number of carbonyl (C=O) groups excluding carboxylic acids is 1. The van der Waals surface area contributed by atoms with Gasteiger partial charge in [0.25, 0.3) is 0 Å². The fourth-order valence-corrected chi connectivity index (χ4v) is 2.36. The van der Waals surface area contributed by atoms with Crippen LogP contribution in [0.5, 0.6) is 5.75 Å². The fraction of sp³-hybridized carbons (Fsp3) is 0.0588. The molecule has 0 aliphatic carbocycles. The Morgan fingerprint density at radius 2 is 2.00 bits per heavy atom. The van der Waals surface area contributed by atoms with Crippen LogP contribution in [-0.4, -0.2) is 16.3 Å². The van der Waals surface area contributed by atoms with Crippen molar-refractivity contribution in [1.82, 2.24) is 10.4 Å². The molecule has 0 unspecified atom stereocenters. The Labute approximate surface area is 142 Å². The number of fused-ring (bicyclic) bond motifs is 1. The minimum absolute atomic E-state index is 0.164. The van der Waals surface area contributed by atoms with Gasteiger partial charge in [0.05, 0.1) is 10.4 Å². The van der Waals surface area contributed by atoms with Crippen molar-refractivity contribution >= 4 is 28.7 Å². The van der Waals surface area contributed by atoms with Crippen molar-refractivity contribution in [3.63, 3.8) is 0 Å². The van der Waals surface area contributed by atoms with E-state index in [0.29, 0.717) is 29.7 Å². The zero-order valence-corrected chi connectivity index (χ0v) is 13.0. The van der Waals surface area contributed by atoms with Gasteiger partial charge in [-0.1, -0.05) is 30.3 Å². The van der Waals surface area contributed by atoms with Gasteiger partial charge in [0, 0.05) is 11.5 Å². The molecule has 0 radical (unpaired) electrons. The summed E-state index contributed by atoms with van der Waals surface area (Å²) in [6, 6.07) is 14.7. The number of nitro groups is 1. The van der Waals surface area contributed by atoms with Gasteiger partial charge in [-0.2, -0.15) is 0 Å². The molecule has 0 aliphatic rings. The summed E-state index contributed by atoms with van der Waals surface area (Å²) >= 11 is 0. The zero-order valence-electron chi connectivity index (χ0n) is 13.0. The van der Waals surface area contributed by atoms with E-state index in [4.69, 9.17) is 4.74 Å².